The maximum Gasteiger partial charge on any atom is 0.253 e. The van der Waals surface area contributed by atoms with E-state index in [-0.39, 0.29) is 31.8 Å². The minimum atomic E-state index is -2.65. The number of hydrogen-bond donors (Lipinski definition) is 0. The first kappa shape index (κ1) is 17.2. The van der Waals surface area contributed by atoms with Crippen molar-refractivity contribution in [1.82, 2.24) is 24.6 Å². The lowest BCUT2D eigenvalue weighted by molar-refractivity contribution is -0.155. The maximum absolute atomic E-state index is 13.2. The lowest BCUT2D eigenvalue weighted by Gasteiger charge is -2.37. The molecule has 9 heteroatoms. The van der Waals surface area contributed by atoms with Crippen LogP contribution in [-0.2, 0) is 23.1 Å². The molecule has 0 aliphatic carbocycles. The molecule has 1 amide bonds. The van der Waals surface area contributed by atoms with Crippen LogP contribution in [-0.4, -0.2) is 75.3 Å². The van der Waals surface area contributed by atoms with Crippen LogP contribution in [0.1, 0.15) is 24.5 Å². The van der Waals surface area contributed by atoms with Gasteiger partial charge in [0.1, 0.15) is 17.8 Å². The Morgan fingerprint density at radius 2 is 2.00 bits per heavy atom. The second-order valence-corrected chi connectivity index (χ2v) is 6.50. The molecule has 2 aliphatic heterocycles. The summed E-state index contributed by atoms with van der Waals surface area (Å²) in [5, 5.41) is 8.17. The van der Waals surface area contributed by atoms with E-state index in [2.05, 4.69) is 15.1 Å². The molecule has 1 atom stereocenters. The zero-order chi connectivity index (χ0) is 17.3. The number of amides is 1. The fourth-order valence-corrected chi connectivity index (χ4v) is 3.04. The average molecular weight is 343 g/mol. The number of carbonyl (C=O) groups is 1. The van der Waals surface area contributed by atoms with Crippen molar-refractivity contribution >= 4 is 5.91 Å². The van der Waals surface area contributed by atoms with Crippen LogP contribution in [0.4, 0.5) is 8.78 Å². The van der Waals surface area contributed by atoms with Crippen LogP contribution >= 0.6 is 0 Å². The maximum atomic E-state index is 13.2. The highest BCUT2D eigenvalue weighted by atomic mass is 19.3. The third kappa shape index (κ3) is 3.72. The molecule has 2 saturated heterocycles. The van der Waals surface area contributed by atoms with Gasteiger partial charge in [0.25, 0.3) is 11.8 Å². The molecule has 0 saturated carbocycles. The normalized spacial score (nSPS) is 25.0. The third-order valence-electron chi connectivity index (χ3n) is 4.78. The summed E-state index contributed by atoms with van der Waals surface area (Å²) >= 11 is 0. The van der Waals surface area contributed by atoms with E-state index in [1.165, 1.54) is 4.90 Å². The van der Waals surface area contributed by atoms with Gasteiger partial charge >= 0.3 is 0 Å². The van der Waals surface area contributed by atoms with Gasteiger partial charge in [0.05, 0.1) is 13.2 Å². The van der Waals surface area contributed by atoms with E-state index in [0.717, 1.165) is 11.6 Å². The smallest absolute Gasteiger partial charge is 0.253 e. The number of halogens is 2. The molecule has 1 aromatic heterocycles. The van der Waals surface area contributed by atoms with E-state index in [1.54, 1.807) is 0 Å². The number of carbonyl (C=O) groups excluding carboxylic acids is 1. The molecule has 3 rings (SSSR count). The molecule has 0 bridgehead atoms. The molecule has 0 spiro atoms. The first-order chi connectivity index (χ1) is 11.4. The Morgan fingerprint density at radius 1 is 1.29 bits per heavy atom. The van der Waals surface area contributed by atoms with Gasteiger partial charge in [0, 0.05) is 46.1 Å². The summed E-state index contributed by atoms with van der Waals surface area (Å²) < 4.78 is 34.0. The van der Waals surface area contributed by atoms with Crippen LogP contribution in [0.5, 0.6) is 0 Å². The van der Waals surface area contributed by atoms with Gasteiger partial charge in [-0.1, -0.05) is 0 Å². The van der Waals surface area contributed by atoms with Gasteiger partial charge in [-0.25, -0.2) is 8.78 Å². The van der Waals surface area contributed by atoms with Crippen molar-refractivity contribution in [1.29, 1.82) is 0 Å². The Labute approximate surface area is 139 Å². The van der Waals surface area contributed by atoms with E-state index in [4.69, 9.17) is 4.74 Å². The monoisotopic (exact) mass is 343 g/mol. The molecule has 0 N–H and O–H groups in total. The van der Waals surface area contributed by atoms with Crippen molar-refractivity contribution in [2.75, 3.05) is 32.8 Å². The number of aryl methyl sites for hydroxylation is 1. The molecular formula is C15H23F2N5O2. The molecule has 0 aromatic carbocycles. The Kier molecular flexibility index (Phi) is 4.82. The predicted molar refractivity (Wildman–Crippen MR) is 81.5 cm³/mol. The number of hydrogen-bond acceptors (Lipinski definition) is 5. The van der Waals surface area contributed by atoms with Gasteiger partial charge in [0.15, 0.2) is 0 Å². The van der Waals surface area contributed by atoms with Crippen molar-refractivity contribution in [3.8, 4) is 0 Å². The fourth-order valence-electron chi connectivity index (χ4n) is 3.04. The van der Waals surface area contributed by atoms with Crippen LogP contribution in [0.25, 0.3) is 0 Å². The predicted octanol–water partition coefficient (Wildman–Crippen LogP) is 0.582. The lowest BCUT2D eigenvalue weighted by Crippen LogP contribution is -2.53. The third-order valence-corrected chi connectivity index (χ3v) is 4.78. The summed E-state index contributed by atoms with van der Waals surface area (Å²) in [7, 11) is 1.90. The number of rotatable bonds is 3. The number of nitrogens with zero attached hydrogens (tertiary/aromatic N) is 5. The summed E-state index contributed by atoms with van der Waals surface area (Å²) in [6.45, 7) is 4.24. The van der Waals surface area contributed by atoms with Crippen molar-refractivity contribution in [2.45, 2.75) is 38.3 Å². The molecule has 0 radical (unpaired) electrons. The Morgan fingerprint density at radius 3 is 2.62 bits per heavy atom. The van der Waals surface area contributed by atoms with Crippen molar-refractivity contribution in [3.63, 3.8) is 0 Å². The standard InChI is InChI=1S/C15H23F2N5O2/c1-11-18-19-13(20(11)2)10-21-7-8-24-12(9-21)14(23)22-5-3-15(16,17)4-6-22/h12H,3-10H2,1-2H3. The van der Waals surface area contributed by atoms with Crippen LogP contribution in [0, 0.1) is 6.92 Å². The first-order valence-corrected chi connectivity index (χ1v) is 8.21. The number of alkyl halides is 2. The van der Waals surface area contributed by atoms with Gasteiger partial charge in [-0.3, -0.25) is 9.69 Å². The van der Waals surface area contributed by atoms with Crippen molar-refractivity contribution in [2.24, 2.45) is 7.05 Å². The Bertz CT molecular complexity index is 597. The lowest BCUT2D eigenvalue weighted by atomic mass is 10.1. The van der Waals surface area contributed by atoms with Crippen LogP contribution in [0.3, 0.4) is 0 Å². The van der Waals surface area contributed by atoms with E-state index < -0.39 is 12.0 Å². The average Bonchev–Trinajstić information content (AvgIpc) is 2.87. The quantitative estimate of drug-likeness (QED) is 0.803. The van der Waals surface area contributed by atoms with E-state index in [0.29, 0.717) is 26.2 Å². The number of ether oxygens (including phenoxy) is 1. The Hall–Kier alpha value is -1.61. The summed E-state index contributed by atoms with van der Waals surface area (Å²) in [5.74, 6) is -1.18. The van der Waals surface area contributed by atoms with Gasteiger partial charge in [-0.05, 0) is 6.92 Å². The molecule has 2 fully saturated rings. The van der Waals surface area contributed by atoms with Crippen LogP contribution in [0.15, 0.2) is 0 Å². The van der Waals surface area contributed by atoms with E-state index in [1.807, 2.05) is 18.5 Å². The largest absolute Gasteiger partial charge is 0.366 e. The van der Waals surface area contributed by atoms with E-state index in [9.17, 15) is 13.6 Å². The highest BCUT2D eigenvalue weighted by molar-refractivity contribution is 5.81. The van der Waals surface area contributed by atoms with Gasteiger partial charge in [0.2, 0.25) is 0 Å². The molecule has 1 unspecified atom stereocenters. The van der Waals surface area contributed by atoms with E-state index >= 15 is 0 Å². The number of likely N-dealkylation sites (tertiary alicyclic amines) is 1. The molecular weight excluding hydrogens is 320 g/mol. The molecule has 2 aliphatic rings. The minimum absolute atomic E-state index is 0.0914. The number of morpholine rings is 1. The topological polar surface area (TPSA) is 63.5 Å². The molecule has 24 heavy (non-hydrogen) atoms. The molecule has 7 nitrogen and oxygen atoms in total. The van der Waals surface area contributed by atoms with Gasteiger partial charge in [-0.15, -0.1) is 10.2 Å². The summed E-state index contributed by atoms with van der Waals surface area (Å²) in [5.41, 5.74) is 0. The zero-order valence-electron chi connectivity index (χ0n) is 14.0. The zero-order valence-corrected chi connectivity index (χ0v) is 14.0. The summed E-state index contributed by atoms with van der Waals surface area (Å²) in [4.78, 5) is 16.1. The first-order valence-electron chi connectivity index (χ1n) is 8.21. The number of piperidine rings is 1. The van der Waals surface area contributed by atoms with Crippen molar-refractivity contribution in [3.05, 3.63) is 11.6 Å². The number of aromatic nitrogens is 3. The van der Waals surface area contributed by atoms with Crippen LogP contribution < -0.4 is 0 Å². The van der Waals surface area contributed by atoms with Gasteiger partial charge < -0.3 is 14.2 Å². The minimum Gasteiger partial charge on any atom is -0.366 e. The second-order valence-electron chi connectivity index (χ2n) is 6.50. The molecule has 134 valence electrons. The highest BCUT2D eigenvalue weighted by Gasteiger charge is 2.38. The SMILES string of the molecule is Cc1nnc(CN2CCOC(C(=O)N3CCC(F)(F)CC3)C2)n1C. The summed E-state index contributed by atoms with van der Waals surface area (Å²) in [6.07, 6.45) is -1.14. The van der Waals surface area contributed by atoms with Gasteiger partial charge in [-0.2, -0.15) is 0 Å². The summed E-state index contributed by atoms with van der Waals surface area (Å²) in [6, 6.07) is 0. The molecule has 3 heterocycles. The molecule has 1 aromatic rings. The van der Waals surface area contributed by atoms with Crippen molar-refractivity contribution < 1.29 is 18.3 Å². The fraction of sp³-hybridized carbons (Fsp3) is 0.800. The van der Waals surface area contributed by atoms with Crippen LogP contribution in [0.2, 0.25) is 0 Å². The second kappa shape index (κ2) is 6.72. The Balaban J connectivity index is 1.57. The highest BCUT2D eigenvalue weighted by Crippen LogP contribution is 2.28.